The second kappa shape index (κ2) is 8.31. The quantitative estimate of drug-likeness (QED) is 0.403. The van der Waals surface area contributed by atoms with Gasteiger partial charge in [-0.1, -0.05) is 30.7 Å². The van der Waals surface area contributed by atoms with Gasteiger partial charge in [-0.25, -0.2) is 9.97 Å². The second-order valence-corrected chi connectivity index (χ2v) is 7.99. The Kier molecular flexibility index (Phi) is 5.32. The van der Waals surface area contributed by atoms with Crippen LogP contribution in [-0.4, -0.2) is 20.7 Å². The van der Waals surface area contributed by atoms with Gasteiger partial charge in [0.15, 0.2) is 0 Å². The lowest BCUT2D eigenvalue weighted by molar-refractivity contribution is -0.274. The lowest BCUT2D eigenvalue weighted by Gasteiger charge is -2.23. The van der Waals surface area contributed by atoms with Crippen molar-refractivity contribution in [3.63, 3.8) is 0 Å². The summed E-state index contributed by atoms with van der Waals surface area (Å²) in [5.41, 5.74) is 9.30. The first-order valence-corrected chi connectivity index (χ1v) is 10.6. The van der Waals surface area contributed by atoms with Crippen LogP contribution in [0.15, 0.2) is 60.9 Å². The molecule has 2 N–H and O–H groups in total. The Morgan fingerprint density at radius 3 is 2.55 bits per heavy atom. The maximum absolute atomic E-state index is 12.3. The average molecular weight is 454 g/mol. The first kappa shape index (κ1) is 21.1. The average Bonchev–Trinajstić information content (AvgIpc) is 3.12. The predicted molar refractivity (Wildman–Crippen MR) is 117 cm³/mol. The molecule has 4 aromatic rings. The maximum atomic E-state index is 12.3. The number of hydrogen-bond donors (Lipinski definition) is 1. The molecule has 0 spiro atoms. The molecular formula is C24H21F3N4O2. The highest BCUT2D eigenvalue weighted by Gasteiger charge is 2.31. The third-order valence-electron chi connectivity index (χ3n) is 5.75. The molecule has 5 rings (SSSR count). The molecule has 1 fully saturated rings. The van der Waals surface area contributed by atoms with E-state index in [-0.39, 0.29) is 12.4 Å². The Balaban J connectivity index is 1.37. The van der Waals surface area contributed by atoms with E-state index < -0.39 is 6.36 Å². The molecule has 2 aromatic carbocycles. The molecule has 6 nitrogen and oxygen atoms in total. The molecule has 1 aliphatic carbocycles. The minimum absolute atomic E-state index is 0.191. The molecule has 33 heavy (non-hydrogen) atoms. The molecule has 2 heterocycles. The Hall–Kier alpha value is -3.75. The van der Waals surface area contributed by atoms with Crippen molar-refractivity contribution in [1.82, 2.24) is 14.4 Å². The van der Waals surface area contributed by atoms with Crippen LogP contribution in [0.3, 0.4) is 0 Å². The van der Waals surface area contributed by atoms with E-state index in [1.807, 2.05) is 34.9 Å². The number of nitrogens with two attached hydrogens (primary N) is 1. The molecule has 2 aromatic heterocycles. The van der Waals surface area contributed by atoms with E-state index in [2.05, 4.69) is 9.72 Å². The van der Waals surface area contributed by atoms with Gasteiger partial charge in [-0.15, -0.1) is 13.2 Å². The van der Waals surface area contributed by atoms with Gasteiger partial charge in [0.1, 0.15) is 41.0 Å². The van der Waals surface area contributed by atoms with E-state index in [4.69, 9.17) is 15.5 Å². The molecule has 0 saturated heterocycles. The normalized spacial score (nSPS) is 14.3. The van der Waals surface area contributed by atoms with Crippen LogP contribution in [0.4, 0.5) is 19.0 Å². The lowest BCUT2D eigenvalue weighted by atomic mass is 9.85. The molecule has 1 saturated carbocycles. The van der Waals surface area contributed by atoms with Gasteiger partial charge in [0.2, 0.25) is 0 Å². The van der Waals surface area contributed by atoms with Gasteiger partial charge in [-0.05, 0) is 42.7 Å². The third kappa shape index (κ3) is 4.44. The first-order valence-electron chi connectivity index (χ1n) is 10.6. The monoisotopic (exact) mass is 454 g/mol. The van der Waals surface area contributed by atoms with Crippen LogP contribution < -0.4 is 15.2 Å². The number of alkyl halides is 3. The Morgan fingerprint density at radius 1 is 1.06 bits per heavy atom. The fourth-order valence-electron chi connectivity index (χ4n) is 3.93. The van der Waals surface area contributed by atoms with Gasteiger partial charge in [0, 0.05) is 23.9 Å². The smallest absolute Gasteiger partial charge is 0.489 e. The Labute approximate surface area is 187 Å². The molecule has 1 aliphatic rings. The highest BCUT2D eigenvalue weighted by atomic mass is 19.4. The van der Waals surface area contributed by atoms with Gasteiger partial charge < -0.3 is 15.2 Å². The van der Waals surface area contributed by atoms with Crippen LogP contribution in [-0.2, 0) is 6.61 Å². The predicted octanol–water partition coefficient (Wildman–Crippen LogP) is 5.72. The summed E-state index contributed by atoms with van der Waals surface area (Å²) in [6.07, 6.45) is 2.27. The van der Waals surface area contributed by atoms with Crippen LogP contribution in [0, 0.1) is 0 Å². The molecule has 9 heteroatoms. The van der Waals surface area contributed by atoms with E-state index in [1.54, 1.807) is 6.20 Å². The van der Waals surface area contributed by atoms with Gasteiger partial charge >= 0.3 is 6.36 Å². The Bertz CT molecular complexity index is 1280. The minimum atomic E-state index is -4.72. The number of fused-ring (bicyclic) bond motifs is 1. The number of aromatic nitrogens is 3. The third-order valence-corrected chi connectivity index (χ3v) is 5.75. The number of nitrogens with zero attached hydrogens (tertiary/aromatic N) is 3. The van der Waals surface area contributed by atoms with Gasteiger partial charge in [0.05, 0.1) is 0 Å². The van der Waals surface area contributed by atoms with Crippen molar-refractivity contribution in [2.24, 2.45) is 0 Å². The summed E-state index contributed by atoms with van der Waals surface area (Å²) < 4.78 is 48.7. The fraction of sp³-hybridized carbons (Fsp3) is 0.250. The molecule has 0 atom stereocenters. The summed E-state index contributed by atoms with van der Waals surface area (Å²) in [6.45, 7) is 0.191. The van der Waals surface area contributed by atoms with Gasteiger partial charge in [0.25, 0.3) is 0 Å². The van der Waals surface area contributed by atoms with Gasteiger partial charge in [-0.3, -0.25) is 4.40 Å². The number of hydrogen-bond acceptors (Lipinski definition) is 5. The molecule has 0 radical (unpaired) electrons. The van der Waals surface area contributed by atoms with Crippen molar-refractivity contribution in [3.8, 4) is 22.8 Å². The zero-order valence-corrected chi connectivity index (χ0v) is 17.5. The maximum Gasteiger partial charge on any atom is 0.573 e. The van der Waals surface area contributed by atoms with Crippen LogP contribution in [0.2, 0.25) is 0 Å². The zero-order chi connectivity index (χ0) is 23.0. The largest absolute Gasteiger partial charge is 0.573 e. The number of ether oxygens (including phenoxy) is 2. The van der Waals surface area contributed by atoms with Crippen LogP contribution in [0.1, 0.15) is 36.6 Å². The highest BCUT2D eigenvalue weighted by Crippen LogP contribution is 2.39. The summed E-state index contributed by atoms with van der Waals surface area (Å²) in [4.78, 5) is 9.17. The van der Waals surface area contributed by atoms with Crippen LogP contribution >= 0.6 is 0 Å². The molecular weight excluding hydrogens is 433 g/mol. The van der Waals surface area contributed by atoms with E-state index in [0.29, 0.717) is 23.0 Å². The molecule has 170 valence electrons. The standard InChI is InChI=1S/C24H21F3N4O2/c25-24(26,27)33-18-9-7-15(8-10-18)14-32-19-6-2-5-17(13-19)20-21-22(28)29-11-12-31(21)23(30-20)16-3-1-4-16/h2,5-13,16H,1,3-4,14H2,(H2,28,29). The summed E-state index contributed by atoms with van der Waals surface area (Å²) in [5, 5.41) is 0. The fourth-order valence-corrected chi connectivity index (χ4v) is 3.93. The number of halogens is 3. The lowest BCUT2D eigenvalue weighted by Crippen LogP contribution is -2.17. The van der Waals surface area contributed by atoms with Gasteiger partial charge in [-0.2, -0.15) is 0 Å². The molecule has 0 bridgehead atoms. The van der Waals surface area contributed by atoms with Crippen molar-refractivity contribution in [1.29, 1.82) is 0 Å². The highest BCUT2D eigenvalue weighted by molar-refractivity contribution is 5.85. The topological polar surface area (TPSA) is 74.7 Å². The minimum Gasteiger partial charge on any atom is -0.489 e. The molecule has 0 aliphatic heterocycles. The number of imidazole rings is 1. The number of anilines is 1. The SMILES string of the molecule is Nc1nccn2c(C3CCC3)nc(-c3cccc(OCc4ccc(OC(F)(F)F)cc4)c3)c12. The molecule has 0 amide bonds. The van der Waals surface area contributed by atoms with E-state index in [1.165, 1.54) is 30.7 Å². The Morgan fingerprint density at radius 2 is 1.85 bits per heavy atom. The summed E-state index contributed by atoms with van der Waals surface area (Å²) in [5.74, 6) is 2.16. The summed E-state index contributed by atoms with van der Waals surface area (Å²) in [6, 6.07) is 13.1. The van der Waals surface area contributed by atoms with Crippen molar-refractivity contribution in [2.75, 3.05) is 5.73 Å². The van der Waals surface area contributed by atoms with E-state index >= 15 is 0 Å². The number of rotatable bonds is 6. The van der Waals surface area contributed by atoms with Crippen molar-refractivity contribution >= 4 is 11.3 Å². The van der Waals surface area contributed by atoms with Crippen molar-refractivity contribution in [2.45, 2.75) is 38.1 Å². The van der Waals surface area contributed by atoms with Crippen molar-refractivity contribution < 1.29 is 22.6 Å². The van der Waals surface area contributed by atoms with Crippen LogP contribution in [0.25, 0.3) is 16.8 Å². The summed E-state index contributed by atoms with van der Waals surface area (Å²) >= 11 is 0. The van der Waals surface area contributed by atoms with Crippen molar-refractivity contribution in [3.05, 3.63) is 72.3 Å². The van der Waals surface area contributed by atoms with E-state index in [9.17, 15) is 13.2 Å². The number of benzene rings is 2. The first-order chi connectivity index (χ1) is 15.9. The second-order valence-electron chi connectivity index (χ2n) is 7.99. The van der Waals surface area contributed by atoms with E-state index in [0.717, 1.165) is 35.4 Å². The molecule has 0 unspecified atom stereocenters. The van der Waals surface area contributed by atoms with Crippen LogP contribution in [0.5, 0.6) is 11.5 Å². The zero-order valence-electron chi connectivity index (χ0n) is 17.5. The summed E-state index contributed by atoms with van der Waals surface area (Å²) in [7, 11) is 0. The number of nitrogen functional groups attached to an aromatic ring is 1.